The Morgan fingerprint density at radius 3 is 2.35 bits per heavy atom. The summed E-state index contributed by atoms with van der Waals surface area (Å²) in [6.07, 6.45) is 17.7. The van der Waals surface area contributed by atoms with Crippen LogP contribution in [0.25, 0.3) is 22.3 Å². The number of benzene rings is 1. The number of piperidine rings is 2. The largest absolute Gasteiger partial charge is 0.327 e. The standard InChI is InChI=1S/C33H39N5O2/c34-18-24-17-25(19-35-32(24)39)31-33(40)37(30-11-4-3-10-29(30)36-31)20-23-15-26-8-5-9-27(16-23)38(26)28-13-21-6-1-2-7-22(12-21)14-28/h3-4,10-11,17,19,21-23,26-28H,1-2,5-9,12-16,20H2,(H,35,39)/t21-,22+,23?,26-,27?,28?/m0/s1. The third-order valence-corrected chi connectivity index (χ3v) is 10.5. The van der Waals surface area contributed by atoms with Crippen LogP contribution in [-0.2, 0) is 6.54 Å². The van der Waals surface area contributed by atoms with E-state index in [1.54, 1.807) is 0 Å². The van der Waals surface area contributed by atoms with Crippen molar-refractivity contribution < 1.29 is 0 Å². The predicted molar refractivity (Wildman–Crippen MR) is 156 cm³/mol. The quantitative estimate of drug-likeness (QED) is 0.466. The topological polar surface area (TPSA) is 94.8 Å². The molecule has 4 fully saturated rings. The minimum Gasteiger partial charge on any atom is -0.327 e. The van der Waals surface area contributed by atoms with Crippen LogP contribution in [-0.4, -0.2) is 37.6 Å². The molecule has 4 bridgehead atoms. The molecule has 4 heterocycles. The van der Waals surface area contributed by atoms with Crippen LogP contribution in [0.1, 0.15) is 82.6 Å². The van der Waals surface area contributed by atoms with E-state index >= 15 is 0 Å². The lowest BCUT2D eigenvalue weighted by atomic mass is 9.72. The van der Waals surface area contributed by atoms with E-state index in [-0.39, 0.29) is 16.8 Å². The van der Waals surface area contributed by atoms with Crippen molar-refractivity contribution in [3.8, 4) is 17.3 Å². The van der Waals surface area contributed by atoms with Crippen molar-refractivity contribution in [3.63, 3.8) is 0 Å². The number of fused-ring (bicyclic) bond motifs is 5. The maximum atomic E-state index is 14.0. The van der Waals surface area contributed by atoms with Crippen molar-refractivity contribution in [1.82, 2.24) is 19.4 Å². The third-order valence-electron chi connectivity index (χ3n) is 10.5. The molecule has 7 rings (SSSR count). The highest BCUT2D eigenvalue weighted by molar-refractivity contribution is 5.77. The van der Waals surface area contributed by atoms with Gasteiger partial charge in [0.25, 0.3) is 11.1 Å². The van der Waals surface area contributed by atoms with Gasteiger partial charge in [-0.3, -0.25) is 14.5 Å². The molecule has 1 aromatic carbocycles. The first-order chi connectivity index (χ1) is 19.6. The number of hydrogen-bond acceptors (Lipinski definition) is 5. The van der Waals surface area contributed by atoms with E-state index in [0.717, 1.165) is 41.8 Å². The molecule has 3 unspecified atom stereocenters. The minimum atomic E-state index is -0.456. The summed E-state index contributed by atoms with van der Waals surface area (Å²) < 4.78 is 1.92. The molecule has 3 aromatic rings. The molecule has 208 valence electrons. The number of rotatable bonds is 4. The number of nitrogens with zero attached hydrogens (tertiary/aromatic N) is 4. The third kappa shape index (κ3) is 4.71. The van der Waals surface area contributed by atoms with Gasteiger partial charge in [0.2, 0.25) is 0 Å². The van der Waals surface area contributed by atoms with Gasteiger partial charge >= 0.3 is 0 Å². The Kier molecular flexibility index (Phi) is 6.83. The number of nitrogens with one attached hydrogen (secondary N) is 1. The van der Waals surface area contributed by atoms with Crippen LogP contribution in [0.5, 0.6) is 0 Å². The summed E-state index contributed by atoms with van der Waals surface area (Å²) >= 11 is 0. The van der Waals surface area contributed by atoms with E-state index in [4.69, 9.17) is 4.98 Å². The number of pyridine rings is 1. The van der Waals surface area contributed by atoms with Crippen LogP contribution in [0.4, 0.5) is 0 Å². The van der Waals surface area contributed by atoms with Gasteiger partial charge in [-0.2, -0.15) is 5.26 Å². The zero-order valence-electron chi connectivity index (χ0n) is 23.2. The number of para-hydroxylation sites is 2. The summed E-state index contributed by atoms with van der Waals surface area (Å²) in [6.45, 7) is 0.681. The fourth-order valence-electron chi connectivity index (χ4n) is 8.91. The zero-order valence-corrected chi connectivity index (χ0v) is 23.2. The molecular formula is C33H39N5O2. The van der Waals surface area contributed by atoms with Gasteiger partial charge in [-0.05, 0) is 80.9 Å². The zero-order chi connectivity index (χ0) is 27.2. The monoisotopic (exact) mass is 537 g/mol. The summed E-state index contributed by atoms with van der Waals surface area (Å²) in [4.78, 5) is 36.2. The lowest BCUT2D eigenvalue weighted by Gasteiger charge is -2.54. The van der Waals surface area contributed by atoms with Crippen LogP contribution in [0.2, 0.25) is 0 Å². The van der Waals surface area contributed by atoms with Crippen LogP contribution >= 0.6 is 0 Å². The molecule has 0 spiro atoms. The number of aromatic amines is 1. The molecular weight excluding hydrogens is 498 g/mol. The van der Waals surface area contributed by atoms with Crippen molar-refractivity contribution in [2.75, 3.05) is 0 Å². The van der Waals surface area contributed by atoms with Gasteiger partial charge < -0.3 is 9.55 Å². The highest BCUT2D eigenvalue weighted by Crippen LogP contribution is 2.46. The fraction of sp³-hybridized carbons (Fsp3) is 0.576. The average Bonchev–Trinajstić information content (AvgIpc) is 3.13. The van der Waals surface area contributed by atoms with Gasteiger partial charge in [-0.25, -0.2) is 4.98 Å². The van der Waals surface area contributed by atoms with Gasteiger partial charge in [0.05, 0.1) is 11.0 Å². The summed E-state index contributed by atoms with van der Waals surface area (Å²) in [5.41, 5.74) is 1.75. The van der Waals surface area contributed by atoms with Crippen LogP contribution in [0, 0.1) is 29.1 Å². The van der Waals surface area contributed by atoms with E-state index in [9.17, 15) is 14.9 Å². The predicted octanol–water partition coefficient (Wildman–Crippen LogP) is 5.62. The SMILES string of the molecule is N#Cc1cc(-c2nc3ccccc3n(CC3CC4CCC[C@@H](C3)N4C3C[C@H]4CCCC[C@@H](C3)C4)c2=O)c[nH]c1=O. The molecule has 2 aliphatic heterocycles. The van der Waals surface area contributed by atoms with Crippen molar-refractivity contribution in [2.24, 2.45) is 17.8 Å². The van der Waals surface area contributed by atoms with Crippen LogP contribution < -0.4 is 11.1 Å². The lowest BCUT2D eigenvalue weighted by Crippen LogP contribution is -2.58. The normalized spacial score (nSPS) is 30.5. The Labute approximate surface area is 235 Å². The molecule has 2 aliphatic carbocycles. The lowest BCUT2D eigenvalue weighted by molar-refractivity contribution is -0.0469. The highest BCUT2D eigenvalue weighted by Gasteiger charge is 2.44. The fourth-order valence-corrected chi connectivity index (χ4v) is 8.91. The molecule has 2 saturated carbocycles. The number of nitriles is 1. The summed E-state index contributed by atoms with van der Waals surface area (Å²) in [5.74, 6) is 2.30. The smallest absolute Gasteiger partial charge is 0.277 e. The van der Waals surface area contributed by atoms with Gasteiger partial charge in [-0.15, -0.1) is 0 Å². The summed E-state index contributed by atoms with van der Waals surface area (Å²) in [7, 11) is 0. The van der Waals surface area contributed by atoms with Crippen molar-refractivity contribution in [3.05, 3.63) is 62.8 Å². The summed E-state index contributed by atoms with van der Waals surface area (Å²) in [5, 5.41) is 9.38. The van der Waals surface area contributed by atoms with E-state index < -0.39 is 5.56 Å². The Hall–Kier alpha value is -3.24. The van der Waals surface area contributed by atoms with E-state index in [1.165, 1.54) is 76.5 Å². The first-order valence-corrected chi connectivity index (χ1v) is 15.5. The molecule has 0 radical (unpaired) electrons. The number of hydrogen-bond donors (Lipinski definition) is 1. The Morgan fingerprint density at radius 1 is 0.900 bits per heavy atom. The highest BCUT2D eigenvalue weighted by atomic mass is 16.1. The van der Waals surface area contributed by atoms with E-state index in [1.807, 2.05) is 34.9 Å². The van der Waals surface area contributed by atoms with Crippen molar-refractivity contribution >= 4 is 11.0 Å². The molecule has 2 saturated heterocycles. The second kappa shape index (κ2) is 10.6. The Balaban J connectivity index is 1.19. The second-order valence-electron chi connectivity index (χ2n) is 13.0. The first kappa shape index (κ1) is 25.7. The average molecular weight is 538 g/mol. The van der Waals surface area contributed by atoms with Crippen LogP contribution in [0.15, 0.2) is 46.1 Å². The van der Waals surface area contributed by atoms with Crippen LogP contribution in [0.3, 0.4) is 0 Å². The molecule has 7 heteroatoms. The number of aromatic nitrogens is 3. The van der Waals surface area contributed by atoms with Crippen molar-refractivity contribution in [2.45, 2.75) is 102 Å². The molecule has 4 aliphatic rings. The molecule has 0 amide bonds. The van der Waals surface area contributed by atoms with E-state index in [2.05, 4.69) is 9.88 Å². The molecule has 40 heavy (non-hydrogen) atoms. The minimum absolute atomic E-state index is 0.0128. The van der Waals surface area contributed by atoms with Gasteiger partial charge in [-0.1, -0.05) is 44.2 Å². The van der Waals surface area contributed by atoms with Gasteiger partial charge in [0, 0.05) is 36.4 Å². The maximum absolute atomic E-state index is 14.0. The number of H-pyrrole nitrogens is 1. The molecule has 2 aromatic heterocycles. The Morgan fingerprint density at radius 2 is 1.62 bits per heavy atom. The molecule has 7 nitrogen and oxygen atoms in total. The van der Waals surface area contributed by atoms with Crippen molar-refractivity contribution in [1.29, 1.82) is 5.26 Å². The van der Waals surface area contributed by atoms with Gasteiger partial charge in [0.15, 0.2) is 0 Å². The molecule has 1 N–H and O–H groups in total. The van der Waals surface area contributed by atoms with Gasteiger partial charge in [0.1, 0.15) is 17.3 Å². The maximum Gasteiger partial charge on any atom is 0.277 e. The van der Waals surface area contributed by atoms with E-state index in [0.29, 0.717) is 30.1 Å². The first-order valence-electron chi connectivity index (χ1n) is 15.5. The molecule has 6 atom stereocenters. The Bertz CT molecular complexity index is 1540. The summed E-state index contributed by atoms with van der Waals surface area (Å²) in [6, 6.07) is 13.2. The second-order valence-corrected chi connectivity index (χ2v) is 13.0.